The molecule has 0 aliphatic carbocycles. The third-order valence-corrected chi connectivity index (χ3v) is 5.57. The van der Waals surface area contributed by atoms with Gasteiger partial charge in [0, 0.05) is 18.3 Å². The Morgan fingerprint density at radius 1 is 0.903 bits per heavy atom. The maximum Gasteiger partial charge on any atom is 0.161 e. The number of rotatable bonds is 3. The monoisotopic (exact) mass is 411 g/mol. The largest absolute Gasteiger partial charge is 0.335 e. The summed E-state index contributed by atoms with van der Waals surface area (Å²) in [5.41, 5.74) is 7.69. The SMILES string of the molecule is Fc1ccc(-c2cncc3[nH]c(-c4n[nH]c5ccc(C6=CCNCC6)nc45)nc23)cc1. The second-order valence-electron chi connectivity index (χ2n) is 7.52. The number of pyridine rings is 2. The number of H-pyrrole nitrogens is 2. The van der Waals surface area contributed by atoms with Crippen molar-refractivity contribution in [3.05, 3.63) is 66.4 Å². The predicted molar refractivity (Wildman–Crippen MR) is 118 cm³/mol. The number of hydrogen-bond acceptors (Lipinski definition) is 5. The van der Waals surface area contributed by atoms with Crippen LogP contribution in [0.3, 0.4) is 0 Å². The van der Waals surface area contributed by atoms with Crippen molar-refractivity contribution in [3.8, 4) is 22.6 Å². The quantitative estimate of drug-likeness (QED) is 0.416. The molecule has 1 aromatic carbocycles. The Morgan fingerprint density at radius 2 is 1.81 bits per heavy atom. The molecule has 8 heteroatoms. The first-order valence-electron chi connectivity index (χ1n) is 10.1. The molecule has 1 aliphatic heterocycles. The van der Waals surface area contributed by atoms with E-state index in [1.54, 1.807) is 24.5 Å². The maximum atomic E-state index is 13.4. The van der Waals surface area contributed by atoms with Gasteiger partial charge in [-0.3, -0.25) is 10.1 Å². The summed E-state index contributed by atoms with van der Waals surface area (Å²) >= 11 is 0. The summed E-state index contributed by atoms with van der Waals surface area (Å²) in [5, 5.41) is 10.9. The van der Waals surface area contributed by atoms with E-state index in [0.717, 1.165) is 58.4 Å². The topological polar surface area (TPSA) is 95.2 Å². The van der Waals surface area contributed by atoms with Crippen molar-refractivity contribution < 1.29 is 4.39 Å². The highest BCUT2D eigenvalue weighted by atomic mass is 19.1. The number of hydrogen-bond donors (Lipinski definition) is 3. The van der Waals surface area contributed by atoms with E-state index >= 15 is 0 Å². The van der Waals surface area contributed by atoms with E-state index in [2.05, 4.69) is 31.6 Å². The van der Waals surface area contributed by atoms with Crippen LogP contribution >= 0.6 is 0 Å². The first-order chi connectivity index (χ1) is 15.3. The lowest BCUT2D eigenvalue weighted by Gasteiger charge is -2.13. The Balaban J connectivity index is 1.48. The zero-order valence-electron chi connectivity index (χ0n) is 16.5. The molecular formula is C23H18FN7. The second kappa shape index (κ2) is 7.10. The lowest BCUT2D eigenvalue weighted by Crippen LogP contribution is -2.20. The van der Waals surface area contributed by atoms with Crippen molar-refractivity contribution in [1.29, 1.82) is 0 Å². The van der Waals surface area contributed by atoms with Crippen molar-refractivity contribution in [2.45, 2.75) is 6.42 Å². The van der Waals surface area contributed by atoms with Crippen LogP contribution in [-0.2, 0) is 0 Å². The highest BCUT2D eigenvalue weighted by Gasteiger charge is 2.17. The first-order valence-corrected chi connectivity index (χ1v) is 10.1. The molecule has 0 unspecified atom stereocenters. The van der Waals surface area contributed by atoms with Gasteiger partial charge in [0.05, 0.1) is 28.4 Å². The molecule has 0 fully saturated rings. The molecule has 3 N–H and O–H groups in total. The number of halogens is 1. The Bertz CT molecular complexity index is 1450. The fourth-order valence-corrected chi connectivity index (χ4v) is 3.98. The second-order valence-corrected chi connectivity index (χ2v) is 7.52. The van der Waals surface area contributed by atoms with Gasteiger partial charge in [-0.25, -0.2) is 14.4 Å². The Hall–Kier alpha value is -3.91. The smallest absolute Gasteiger partial charge is 0.161 e. The summed E-state index contributed by atoms with van der Waals surface area (Å²) in [7, 11) is 0. The molecule has 5 heterocycles. The Kier molecular flexibility index (Phi) is 4.10. The average Bonchev–Trinajstić information content (AvgIpc) is 3.43. The zero-order valence-corrected chi connectivity index (χ0v) is 16.5. The standard InChI is InChI=1S/C23H18FN7/c24-15-3-1-13(2-4-15)16-11-26-12-19-20(16)29-23(28-19)22-21-18(30-31-22)6-5-17(27-21)14-7-9-25-10-8-14/h1-7,11-12,25H,8-10H2,(H,28,29)(H,30,31). The normalized spacial score (nSPS) is 14.3. The van der Waals surface area contributed by atoms with Crippen molar-refractivity contribution in [2.75, 3.05) is 13.1 Å². The third-order valence-electron chi connectivity index (χ3n) is 5.57. The van der Waals surface area contributed by atoms with Crippen LogP contribution in [0.1, 0.15) is 12.1 Å². The van der Waals surface area contributed by atoms with Crippen LogP contribution in [0.5, 0.6) is 0 Å². The molecule has 31 heavy (non-hydrogen) atoms. The lowest BCUT2D eigenvalue weighted by molar-refractivity contribution is 0.628. The van der Waals surface area contributed by atoms with Crippen LogP contribution in [0.15, 0.2) is 54.9 Å². The van der Waals surface area contributed by atoms with E-state index < -0.39 is 0 Å². The van der Waals surface area contributed by atoms with E-state index in [1.165, 1.54) is 17.7 Å². The average molecular weight is 411 g/mol. The van der Waals surface area contributed by atoms with E-state index in [-0.39, 0.29) is 5.82 Å². The van der Waals surface area contributed by atoms with Crippen LogP contribution in [-0.4, -0.2) is 43.2 Å². The highest BCUT2D eigenvalue weighted by Crippen LogP contribution is 2.31. The number of nitrogens with zero attached hydrogens (tertiary/aromatic N) is 4. The molecule has 5 aromatic rings. The summed E-state index contributed by atoms with van der Waals surface area (Å²) in [4.78, 5) is 17.3. The minimum absolute atomic E-state index is 0.277. The van der Waals surface area contributed by atoms with Gasteiger partial charge in [-0.05, 0) is 48.4 Å². The van der Waals surface area contributed by atoms with Crippen molar-refractivity contribution in [1.82, 2.24) is 35.5 Å². The van der Waals surface area contributed by atoms with Gasteiger partial charge < -0.3 is 10.3 Å². The van der Waals surface area contributed by atoms with Gasteiger partial charge in [-0.15, -0.1) is 0 Å². The van der Waals surface area contributed by atoms with E-state index in [0.29, 0.717) is 11.5 Å². The van der Waals surface area contributed by atoms with Gasteiger partial charge in [-0.1, -0.05) is 18.2 Å². The third kappa shape index (κ3) is 3.08. The molecule has 0 spiro atoms. The van der Waals surface area contributed by atoms with Gasteiger partial charge in [0.25, 0.3) is 0 Å². The van der Waals surface area contributed by atoms with Crippen LogP contribution in [0.4, 0.5) is 4.39 Å². The molecule has 152 valence electrons. The maximum absolute atomic E-state index is 13.4. The van der Waals surface area contributed by atoms with E-state index in [4.69, 9.17) is 9.97 Å². The molecule has 0 atom stereocenters. The number of fused-ring (bicyclic) bond motifs is 2. The van der Waals surface area contributed by atoms with Crippen LogP contribution in [0, 0.1) is 5.82 Å². The number of aromatic nitrogens is 6. The fourth-order valence-electron chi connectivity index (χ4n) is 3.98. The predicted octanol–water partition coefficient (Wildman–Crippen LogP) is 4.08. The van der Waals surface area contributed by atoms with Crippen molar-refractivity contribution in [2.24, 2.45) is 0 Å². The van der Waals surface area contributed by atoms with Crippen LogP contribution in [0.25, 0.3) is 50.3 Å². The van der Waals surface area contributed by atoms with Gasteiger partial charge in [-0.2, -0.15) is 5.10 Å². The molecular weight excluding hydrogens is 393 g/mol. The van der Waals surface area contributed by atoms with Gasteiger partial charge >= 0.3 is 0 Å². The molecule has 6 rings (SSSR count). The van der Waals surface area contributed by atoms with Gasteiger partial charge in [0.15, 0.2) is 11.5 Å². The molecule has 0 bridgehead atoms. The summed E-state index contributed by atoms with van der Waals surface area (Å²) in [6, 6.07) is 10.4. The summed E-state index contributed by atoms with van der Waals surface area (Å²) in [5.74, 6) is 0.335. The summed E-state index contributed by atoms with van der Waals surface area (Å²) in [6.07, 6.45) is 6.59. The fraction of sp³-hybridized carbons (Fsp3) is 0.130. The highest BCUT2D eigenvalue weighted by molar-refractivity contribution is 5.95. The number of imidazole rings is 1. The Labute approximate surface area is 176 Å². The Morgan fingerprint density at radius 3 is 2.65 bits per heavy atom. The van der Waals surface area contributed by atoms with Crippen LogP contribution < -0.4 is 5.32 Å². The molecule has 1 aliphatic rings. The van der Waals surface area contributed by atoms with E-state index in [1.807, 2.05) is 12.1 Å². The molecule has 0 saturated carbocycles. The van der Waals surface area contributed by atoms with E-state index in [9.17, 15) is 4.39 Å². The first kappa shape index (κ1) is 17.9. The molecule has 0 amide bonds. The zero-order chi connectivity index (χ0) is 20.8. The summed E-state index contributed by atoms with van der Waals surface area (Å²) in [6.45, 7) is 1.81. The number of aromatic amines is 2. The molecule has 0 saturated heterocycles. The van der Waals surface area contributed by atoms with Gasteiger partial charge in [0.2, 0.25) is 0 Å². The minimum Gasteiger partial charge on any atom is -0.335 e. The molecule has 0 radical (unpaired) electrons. The number of nitrogens with one attached hydrogen (secondary N) is 3. The van der Waals surface area contributed by atoms with Gasteiger partial charge in [0.1, 0.15) is 11.3 Å². The molecule has 7 nitrogen and oxygen atoms in total. The minimum atomic E-state index is -0.277. The van der Waals surface area contributed by atoms with Crippen molar-refractivity contribution >= 4 is 27.6 Å². The van der Waals surface area contributed by atoms with Crippen molar-refractivity contribution in [3.63, 3.8) is 0 Å². The number of benzene rings is 1. The lowest BCUT2D eigenvalue weighted by atomic mass is 10.1. The summed E-state index contributed by atoms with van der Waals surface area (Å²) < 4.78 is 13.4. The van der Waals surface area contributed by atoms with Crippen LogP contribution in [0.2, 0.25) is 0 Å². The molecule has 4 aromatic heterocycles.